The highest BCUT2D eigenvalue weighted by Crippen LogP contribution is 2.30. The molecule has 2 fully saturated rings. The lowest BCUT2D eigenvalue weighted by Crippen LogP contribution is -2.37. The summed E-state index contributed by atoms with van der Waals surface area (Å²) < 4.78 is 0. The monoisotopic (exact) mass is 294 g/mol. The van der Waals surface area contributed by atoms with Crippen molar-refractivity contribution in [3.05, 3.63) is 22.8 Å². The fraction of sp³-hybridized carbons (Fsp3) is 0.667. The molecular weight excluding hydrogens is 272 g/mol. The third kappa shape index (κ3) is 2.65. The summed E-state index contributed by atoms with van der Waals surface area (Å²) in [5.74, 6) is 1.07. The summed E-state index contributed by atoms with van der Waals surface area (Å²) in [4.78, 5) is 9.53. The molecule has 0 aliphatic carbocycles. The zero-order valence-electron chi connectivity index (χ0n) is 12.3. The average molecular weight is 295 g/mol. The van der Waals surface area contributed by atoms with E-state index >= 15 is 0 Å². The first-order chi connectivity index (χ1) is 9.69. The second-order valence-corrected chi connectivity index (χ2v) is 6.36. The van der Waals surface area contributed by atoms with E-state index in [-0.39, 0.29) is 0 Å². The Bertz CT molecular complexity index is 479. The average Bonchev–Trinajstić information content (AvgIpc) is 2.67. The standard InChI is InChI=1S/C15H23ClN4/c1-17-8-11-7-15(18-9-14(11)16)20-6-5-12-3-4-13(10-20)19(12)2/h7,9,12-13,17H,3-6,8,10H2,1-2H3. The van der Waals surface area contributed by atoms with Crippen LogP contribution < -0.4 is 10.2 Å². The van der Waals surface area contributed by atoms with Gasteiger partial charge in [-0.25, -0.2) is 4.98 Å². The van der Waals surface area contributed by atoms with E-state index < -0.39 is 0 Å². The predicted molar refractivity (Wildman–Crippen MR) is 83.4 cm³/mol. The zero-order valence-corrected chi connectivity index (χ0v) is 13.0. The maximum absolute atomic E-state index is 6.20. The Morgan fingerprint density at radius 3 is 2.95 bits per heavy atom. The number of halogens is 1. The molecule has 0 saturated carbocycles. The van der Waals surface area contributed by atoms with Crippen LogP contribution in [0.2, 0.25) is 5.02 Å². The van der Waals surface area contributed by atoms with Gasteiger partial charge in [0.2, 0.25) is 0 Å². The van der Waals surface area contributed by atoms with E-state index in [2.05, 4.69) is 33.2 Å². The molecule has 110 valence electrons. The second kappa shape index (κ2) is 5.88. The van der Waals surface area contributed by atoms with Gasteiger partial charge in [0.25, 0.3) is 0 Å². The highest BCUT2D eigenvalue weighted by Gasteiger charge is 2.34. The Labute approximate surface area is 126 Å². The smallest absolute Gasteiger partial charge is 0.128 e. The molecule has 1 N–H and O–H groups in total. The van der Waals surface area contributed by atoms with Gasteiger partial charge in [0.05, 0.1) is 5.02 Å². The molecule has 0 spiro atoms. The molecule has 3 rings (SSSR count). The zero-order chi connectivity index (χ0) is 14.1. The van der Waals surface area contributed by atoms with Gasteiger partial charge in [-0.15, -0.1) is 0 Å². The van der Waals surface area contributed by atoms with E-state index in [0.29, 0.717) is 6.04 Å². The van der Waals surface area contributed by atoms with Crippen LogP contribution in [-0.2, 0) is 6.54 Å². The predicted octanol–water partition coefficient (Wildman–Crippen LogP) is 2.13. The first-order valence-corrected chi connectivity index (χ1v) is 7.82. The molecule has 4 nitrogen and oxygen atoms in total. The third-order valence-electron chi connectivity index (χ3n) is 4.76. The first kappa shape index (κ1) is 14.1. The Balaban J connectivity index is 1.80. The molecule has 2 aliphatic heterocycles. The van der Waals surface area contributed by atoms with Crippen molar-refractivity contribution in [3.63, 3.8) is 0 Å². The molecule has 2 unspecified atom stereocenters. The van der Waals surface area contributed by atoms with Crippen LogP contribution in [0.1, 0.15) is 24.8 Å². The number of fused-ring (bicyclic) bond motifs is 2. The van der Waals surface area contributed by atoms with Crippen molar-refractivity contribution in [2.24, 2.45) is 0 Å². The van der Waals surface area contributed by atoms with Crippen LogP contribution in [-0.4, -0.2) is 49.2 Å². The van der Waals surface area contributed by atoms with Crippen molar-refractivity contribution in [2.45, 2.75) is 37.9 Å². The molecule has 3 heterocycles. The highest BCUT2D eigenvalue weighted by atomic mass is 35.5. The summed E-state index contributed by atoms with van der Waals surface area (Å²) in [5, 5.41) is 3.91. The number of likely N-dealkylation sites (N-methyl/N-ethyl adjacent to an activating group) is 1. The lowest BCUT2D eigenvalue weighted by atomic mass is 10.1. The van der Waals surface area contributed by atoms with Gasteiger partial charge < -0.3 is 10.2 Å². The van der Waals surface area contributed by atoms with E-state index in [1.54, 1.807) is 6.20 Å². The molecule has 2 aliphatic rings. The number of rotatable bonds is 3. The minimum absolute atomic E-state index is 0.674. The van der Waals surface area contributed by atoms with Crippen molar-refractivity contribution in [1.29, 1.82) is 0 Å². The van der Waals surface area contributed by atoms with Crippen molar-refractivity contribution in [3.8, 4) is 0 Å². The lowest BCUT2D eigenvalue weighted by Gasteiger charge is -2.27. The Morgan fingerprint density at radius 1 is 1.35 bits per heavy atom. The molecule has 0 aromatic carbocycles. The molecule has 20 heavy (non-hydrogen) atoms. The number of pyridine rings is 1. The van der Waals surface area contributed by atoms with Crippen molar-refractivity contribution in [1.82, 2.24) is 15.2 Å². The van der Waals surface area contributed by atoms with Crippen LogP contribution in [0.25, 0.3) is 0 Å². The van der Waals surface area contributed by atoms with Gasteiger partial charge >= 0.3 is 0 Å². The van der Waals surface area contributed by atoms with Crippen molar-refractivity contribution < 1.29 is 0 Å². The lowest BCUT2D eigenvalue weighted by molar-refractivity contribution is 0.254. The van der Waals surface area contributed by atoms with Gasteiger partial charge in [-0.05, 0) is 45.0 Å². The number of nitrogens with one attached hydrogen (secondary N) is 1. The molecule has 2 saturated heterocycles. The fourth-order valence-electron chi connectivity index (χ4n) is 3.48. The summed E-state index contributed by atoms with van der Waals surface area (Å²) in [6.45, 7) is 2.97. The maximum Gasteiger partial charge on any atom is 0.128 e. The second-order valence-electron chi connectivity index (χ2n) is 5.95. The molecule has 0 radical (unpaired) electrons. The molecule has 1 aromatic heterocycles. The van der Waals surface area contributed by atoms with Crippen LogP contribution in [0.3, 0.4) is 0 Å². The highest BCUT2D eigenvalue weighted by molar-refractivity contribution is 6.31. The minimum Gasteiger partial charge on any atom is -0.355 e. The first-order valence-electron chi connectivity index (χ1n) is 7.45. The summed E-state index contributed by atoms with van der Waals surface area (Å²) >= 11 is 6.20. The van der Waals surface area contributed by atoms with E-state index in [0.717, 1.165) is 42.1 Å². The number of nitrogens with zero attached hydrogens (tertiary/aromatic N) is 3. The third-order valence-corrected chi connectivity index (χ3v) is 5.10. The normalized spacial score (nSPS) is 26.9. The van der Waals surface area contributed by atoms with Crippen LogP contribution in [0.15, 0.2) is 12.3 Å². The van der Waals surface area contributed by atoms with Gasteiger partial charge in [-0.2, -0.15) is 0 Å². The summed E-state index contributed by atoms with van der Waals surface area (Å²) in [5.41, 5.74) is 1.13. The van der Waals surface area contributed by atoms with Gasteiger partial charge in [0.15, 0.2) is 0 Å². The maximum atomic E-state index is 6.20. The van der Waals surface area contributed by atoms with Gasteiger partial charge in [-0.3, -0.25) is 4.90 Å². The molecule has 0 amide bonds. The summed E-state index contributed by atoms with van der Waals surface area (Å²) in [6.07, 6.45) is 5.69. The topological polar surface area (TPSA) is 31.4 Å². The molecule has 1 aromatic rings. The van der Waals surface area contributed by atoms with Crippen LogP contribution in [0, 0.1) is 0 Å². The van der Waals surface area contributed by atoms with E-state index in [1.807, 2.05) is 7.05 Å². The molecule has 2 bridgehead atoms. The van der Waals surface area contributed by atoms with E-state index in [9.17, 15) is 0 Å². The van der Waals surface area contributed by atoms with Crippen LogP contribution in [0.5, 0.6) is 0 Å². The summed E-state index contributed by atoms with van der Waals surface area (Å²) in [7, 11) is 4.21. The number of hydrogen-bond donors (Lipinski definition) is 1. The van der Waals surface area contributed by atoms with Gasteiger partial charge in [0.1, 0.15) is 5.82 Å². The Kier molecular flexibility index (Phi) is 4.15. The molecule has 5 heteroatoms. The van der Waals surface area contributed by atoms with Crippen molar-refractivity contribution in [2.75, 3.05) is 32.1 Å². The Hall–Kier alpha value is -0.840. The summed E-state index contributed by atoms with van der Waals surface area (Å²) in [6, 6.07) is 3.57. The fourth-order valence-corrected chi connectivity index (χ4v) is 3.65. The molecule has 2 atom stereocenters. The van der Waals surface area contributed by atoms with Gasteiger partial charge in [0, 0.05) is 37.9 Å². The van der Waals surface area contributed by atoms with Gasteiger partial charge in [-0.1, -0.05) is 11.6 Å². The SMILES string of the molecule is CNCc1cc(N2CCC3CCC(C2)N3C)ncc1Cl. The van der Waals surface area contributed by atoms with Crippen LogP contribution in [0.4, 0.5) is 5.82 Å². The minimum atomic E-state index is 0.674. The number of aromatic nitrogens is 1. The number of hydrogen-bond acceptors (Lipinski definition) is 4. The van der Waals surface area contributed by atoms with Crippen LogP contribution >= 0.6 is 11.6 Å². The number of anilines is 1. The van der Waals surface area contributed by atoms with E-state index in [1.165, 1.54) is 19.3 Å². The van der Waals surface area contributed by atoms with E-state index in [4.69, 9.17) is 11.6 Å². The van der Waals surface area contributed by atoms with Crippen molar-refractivity contribution >= 4 is 17.4 Å². The quantitative estimate of drug-likeness (QED) is 0.925. The molecular formula is C15H23ClN4. The Morgan fingerprint density at radius 2 is 2.15 bits per heavy atom. The largest absolute Gasteiger partial charge is 0.355 e.